The SMILES string of the molecule is [CH2]Cc1ccc(-c2cnccn2)cc1. The van der Waals surface area contributed by atoms with Crippen LogP contribution in [-0.4, -0.2) is 9.97 Å². The number of hydrogen-bond acceptors (Lipinski definition) is 2. The van der Waals surface area contributed by atoms with Crippen LogP contribution in [0.5, 0.6) is 0 Å². The van der Waals surface area contributed by atoms with Crippen molar-refractivity contribution in [1.82, 2.24) is 9.97 Å². The van der Waals surface area contributed by atoms with Gasteiger partial charge in [0.25, 0.3) is 0 Å². The van der Waals surface area contributed by atoms with Crippen molar-refractivity contribution in [2.75, 3.05) is 0 Å². The maximum absolute atomic E-state index is 4.23. The Labute approximate surface area is 83.7 Å². The van der Waals surface area contributed by atoms with E-state index < -0.39 is 0 Å². The highest BCUT2D eigenvalue weighted by molar-refractivity contribution is 5.58. The van der Waals surface area contributed by atoms with Crippen molar-refractivity contribution in [1.29, 1.82) is 0 Å². The molecule has 1 heterocycles. The number of benzene rings is 1. The van der Waals surface area contributed by atoms with E-state index in [9.17, 15) is 0 Å². The maximum atomic E-state index is 4.23. The largest absolute Gasteiger partial charge is 0.261 e. The second-order valence-electron chi connectivity index (χ2n) is 3.04. The highest BCUT2D eigenvalue weighted by atomic mass is 14.8. The first-order chi connectivity index (χ1) is 6.90. The van der Waals surface area contributed by atoms with E-state index in [1.807, 2.05) is 12.1 Å². The molecule has 0 saturated heterocycles. The molecule has 0 aliphatic rings. The van der Waals surface area contributed by atoms with E-state index in [-0.39, 0.29) is 0 Å². The summed E-state index contributed by atoms with van der Waals surface area (Å²) in [5.41, 5.74) is 3.23. The van der Waals surface area contributed by atoms with Gasteiger partial charge in [0.1, 0.15) is 0 Å². The Bertz CT molecular complexity index is 392. The predicted molar refractivity (Wildman–Crippen MR) is 56.5 cm³/mol. The minimum atomic E-state index is 0.820. The third-order valence-electron chi connectivity index (χ3n) is 2.10. The summed E-state index contributed by atoms with van der Waals surface area (Å²) in [6, 6.07) is 8.23. The van der Waals surface area contributed by atoms with Crippen LogP contribution in [0, 0.1) is 6.92 Å². The van der Waals surface area contributed by atoms with Crippen molar-refractivity contribution < 1.29 is 0 Å². The third kappa shape index (κ3) is 1.79. The summed E-state index contributed by atoms with van der Waals surface area (Å²) in [4.78, 5) is 8.26. The molecule has 0 aliphatic carbocycles. The zero-order chi connectivity index (χ0) is 9.80. The topological polar surface area (TPSA) is 25.8 Å². The van der Waals surface area contributed by atoms with Gasteiger partial charge in [-0.3, -0.25) is 9.97 Å². The Morgan fingerprint density at radius 2 is 1.86 bits per heavy atom. The molecule has 2 heteroatoms. The molecule has 0 unspecified atom stereocenters. The highest BCUT2D eigenvalue weighted by Gasteiger charge is 1.97. The number of hydrogen-bond donors (Lipinski definition) is 0. The van der Waals surface area contributed by atoms with Crippen molar-refractivity contribution in [2.24, 2.45) is 0 Å². The van der Waals surface area contributed by atoms with Gasteiger partial charge in [0.05, 0.1) is 11.9 Å². The number of rotatable bonds is 2. The van der Waals surface area contributed by atoms with Crippen LogP contribution in [0.15, 0.2) is 42.9 Å². The third-order valence-corrected chi connectivity index (χ3v) is 2.10. The van der Waals surface area contributed by atoms with Gasteiger partial charge < -0.3 is 0 Å². The van der Waals surface area contributed by atoms with Crippen molar-refractivity contribution in [3.8, 4) is 11.3 Å². The van der Waals surface area contributed by atoms with E-state index in [0.29, 0.717) is 0 Å². The molecular weight excluding hydrogens is 172 g/mol. The Morgan fingerprint density at radius 3 is 2.43 bits per heavy atom. The highest BCUT2D eigenvalue weighted by Crippen LogP contribution is 2.15. The van der Waals surface area contributed by atoms with Crippen LogP contribution >= 0.6 is 0 Å². The summed E-state index contributed by atoms with van der Waals surface area (Å²) in [5.74, 6) is 0. The lowest BCUT2D eigenvalue weighted by Crippen LogP contribution is -1.85. The molecule has 2 rings (SSSR count). The van der Waals surface area contributed by atoms with E-state index in [2.05, 4.69) is 29.0 Å². The zero-order valence-corrected chi connectivity index (χ0v) is 7.85. The maximum Gasteiger partial charge on any atom is 0.0885 e. The van der Waals surface area contributed by atoms with Crippen LogP contribution in [0.2, 0.25) is 0 Å². The molecule has 1 aromatic carbocycles. The molecular formula is C12H11N2. The lowest BCUT2D eigenvalue weighted by atomic mass is 10.1. The van der Waals surface area contributed by atoms with E-state index in [1.165, 1.54) is 5.56 Å². The summed E-state index contributed by atoms with van der Waals surface area (Å²) in [6.07, 6.45) is 5.96. The van der Waals surface area contributed by atoms with E-state index in [0.717, 1.165) is 17.7 Å². The Balaban J connectivity index is 2.34. The second kappa shape index (κ2) is 4.01. The molecule has 1 radical (unpaired) electrons. The summed E-state index contributed by atoms with van der Waals surface area (Å²) in [5, 5.41) is 0. The van der Waals surface area contributed by atoms with Crippen LogP contribution in [0.25, 0.3) is 11.3 Å². The molecule has 0 fully saturated rings. The lowest BCUT2D eigenvalue weighted by Gasteiger charge is -2.00. The summed E-state index contributed by atoms with van der Waals surface area (Å²) in [7, 11) is 0. The normalized spacial score (nSPS) is 10.1. The molecule has 14 heavy (non-hydrogen) atoms. The number of nitrogens with zero attached hydrogens (tertiary/aromatic N) is 2. The van der Waals surface area contributed by atoms with Gasteiger partial charge in [0.15, 0.2) is 0 Å². The summed E-state index contributed by atoms with van der Waals surface area (Å²) >= 11 is 0. The molecule has 0 saturated carbocycles. The molecule has 0 N–H and O–H groups in total. The first-order valence-corrected chi connectivity index (χ1v) is 4.55. The van der Waals surface area contributed by atoms with E-state index in [4.69, 9.17) is 0 Å². The van der Waals surface area contributed by atoms with Gasteiger partial charge in [-0.2, -0.15) is 0 Å². The molecule has 0 aliphatic heterocycles. The van der Waals surface area contributed by atoms with Gasteiger partial charge >= 0.3 is 0 Å². The standard InChI is InChI=1S/C12H11N2/c1-2-10-3-5-11(6-4-10)12-9-13-7-8-14-12/h3-9H,1-2H2. The second-order valence-corrected chi connectivity index (χ2v) is 3.04. The average Bonchev–Trinajstić information content (AvgIpc) is 2.30. The molecule has 0 spiro atoms. The fourth-order valence-corrected chi connectivity index (χ4v) is 1.29. The monoisotopic (exact) mass is 183 g/mol. The van der Waals surface area contributed by atoms with Crippen LogP contribution in [0.1, 0.15) is 5.56 Å². The smallest absolute Gasteiger partial charge is 0.0885 e. The molecule has 0 amide bonds. The fourth-order valence-electron chi connectivity index (χ4n) is 1.29. The van der Waals surface area contributed by atoms with Crippen molar-refractivity contribution >= 4 is 0 Å². The predicted octanol–water partition coefficient (Wildman–Crippen LogP) is 2.52. The van der Waals surface area contributed by atoms with Crippen LogP contribution < -0.4 is 0 Å². The Kier molecular flexibility index (Phi) is 2.54. The van der Waals surface area contributed by atoms with Crippen LogP contribution in [0.3, 0.4) is 0 Å². The van der Waals surface area contributed by atoms with Gasteiger partial charge in [-0.25, -0.2) is 0 Å². The average molecular weight is 183 g/mol. The first-order valence-electron chi connectivity index (χ1n) is 4.55. The minimum Gasteiger partial charge on any atom is -0.261 e. The summed E-state index contributed by atoms with van der Waals surface area (Å²) < 4.78 is 0. The van der Waals surface area contributed by atoms with Crippen molar-refractivity contribution in [3.05, 3.63) is 55.3 Å². The number of aromatic nitrogens is 2. The quantitative estimate of drug-likeness (QED) is 0.715. The van der Waals surface area contributed by atoms with Gasteiger partial charge in [0, 0.05) is 18.0 Å². The van der Waals surface area contributed by atoms with Crippen LogP contribution in [-0.2, 0) is 6.42 Å². The van der Waals surface area contributed by atoms with Crippen molar-refractivity contribution in [3.63, 3.8) is 0 Å². The molecule has 0 bridgehead atoms. The molecule has 2 aromatic rings. The van der Waals surface area contributed by atoms with Gasteiger partial charge in [-0.05, 0) is 18.9 Å². The van der Waals surface area contributed by atoms with E-state index >= 15 is 0 Å². The molecule has 2 nitrogen and oxygen atoms in total. The molecule has 0 atom stereocenters. The summed E-state index contributed by atoms with van der Waals surface area (Å²) in [6.45, 7) is 3.83. The Morgan fingerprint density at radius 1 is 1.07 bits per heavy atom. The van der Waals surface area contributed by atoms with Crippen LogP contribution in [0.4, 0.5) is 0 Å². The Hall–Kier alpha value is -1.70. The minimum absolute atomic E-state index is 0.820. The van der Waals surface area contributed by atoms with E-state index in [1.54, 1.807) is 18.6 Å². The zero-order valence-electron chi connectivity index (χ0n) is 7.85. The first kappa shape index (κ1) is 8.88. The van der Waals surface area contributed by atoms with Crippen molar-refractivity contribution in [2.45, 2.75) is 6.42 Å². The molecule has 1 aromatic heterocycles. The van der Waals surface area contributed by atoms with Gasteiger partial charge in [-0.1, -0.05) is 24.3 Å². The molecule has 69 valence electrons. The van der Waals surface area contributed by atoms with Gasteiger partial charge in [0.2, 0.25) is 0 Å². The lowest BCUT2D eigenvalue weighted by molar-refractivity contribution is 1.20. The van der Waals surface area contributed by atoms with Gasteiger partial charge in [-0.15, -0.1) is 0 Å². The fraction of sp³-hybridized carbons (Fsp3) is 0.0833.